The highest BCUT2D eigenvalue weighted by Gasteiger charge is 2.25. The summed E-state index contributed by atoms with van der Waals surface area (Å²) in [6.45, 7) is 9.15. The van der Waals surface area contributed by atoms with Crippen molar-refractivity contribution in [3.63, 3.8) is 0 Å². The standard InChI is InChI=1S/C16H24N8O2/c1-2-24-16-14(19-20-24)15(17-12-18-16)23-5-3-21(4-6-23)11-13(25)22-7-9-26-10-8-22/h12H,2-11H2,1H3. The number of ether oxygens (including phenoxy) is 1. The van der Waals surface area contributed by atoms with Gasteiger partial charge in [-0.1, -0.05) is 5.21 Å². The average Bonchev–Trinajstić information content (AvgIpc) is 3.12. The second kappa shape index (κ2) is 7.50. The fraction of sp³-hybridized carbons (Fsp3) is 0.688. The second-order valence-electron chi connectivity index (χ2n) is 6.53. The summed E-state index contributed by atoms with van der Waals surface area (Å²) in [5.41, 5.74) is 1.51. The summed E-state index contributed by atoms with van der Waals surface area (Å²) in [4.78, 5) is 27.4. The molecule has 2 aromatic rings. The molecule has 1 amide bonds. The van der Waals surface area contributed by atoms with E-state index in [9.17, 15) is 4.79 Å². The van der Waals surface area contributed by atoms with Gasteiger partial charge in [0.1, 0.15) is 6.33 Å². The predicted octanol–water partition coefficient (Wildman–Crippen LogP) is -0.778. The summed E-state index contributed by atoms with van der Waals surface area (Å²) >= 11 is 0. The van der Waals surface area contributed by atoms with Gasteiger partial charge in [0.25, 0.3) is 0 Å². The van der Waals surface area contributed by atoms with Crippen molar-refractivity contribution in [2.24, 2.45) is 0 Å². The minimum atomic E-state index is 0.192. The third kappa shape index (κ3) is 3.34. The molecule has 0 N–H and O–H groups in total. The zero-order chi connectivity index (χ0) is 17.9. The van der Waals surface area contributed by atoms with Crippen LogP contribution in [0.25, 0.3) is 11.2 Å². The van der Waals surface area contributed by atoms with Crippen molar-refractivity contribution in [3.8, 4) is 0 Å². The van der Waals surface area contributed by atoms with Crippen molar-refractivity contribution in [1.29, 1.82) is 0 Å². The minimum Gasteiger partial charge on any atom is -0.378 e. The minimum absolute atomic E-state index is 0.192. The average molecular weight is 360 g/mol. The number of anilines is 1. The molecule has 0 atom stereocenters. The number of aromatic nitrogens is 5. The number of aryl methyl sites for hydroxylation is 1. The van der Waals surface area contributed by atoms with Crippen molar-refractivity contribution >= 4 is 22.9 Å². The van der Waals surface area contributed by atoms with Crippen molar-refractivity contribution in [2.75, 3.05) is 63.9 Å². The Morgan fingerprint density at radius 2 is 1.88 bits per heavy atom. The lowest BCUT2D eigenvalue weighted by atomic mass is 10.3. The smallest absolute Gasteiger partial charge is 0.236 e. The summed E-state index contributed by atoms with van der Waals surface area (Å²) in [5, 5.41) is 8.40. The van der Waals surface area contributed by atoms with Gasteiger partial charge in [-0.25, -0.2) is 14.6 Å². The molecule has 2 fully saturated rings. The van der Waals surface area contributed by atoms with Crippen LogP contribution in [0, 0.1) is 0 Å². The molecule has 4 heterocycles. The number of morpholine rings is 1. The highest BCUT2D eigenvalue weighted by atomic mass is 16.5. The number of carbonyl (C=O) groups is 1. The molecule has 2 aliphatic rings. The number of carbonyl (C=O) groups excluding carboxylic acids is 1. The summed E-state index contributed by atoms with van der Waals surface area (Å²) in [7, 11) is 0. The quantitative estimate of drug-likeness (QED) is 0.701. The summed E-state index contributed by atoms with van der Waals surface area (Å²) in [6, 6.07) is 0. The molecular formula is C16H24N8O2. The molecule has 10 heteroatoms. The molecule has 26 heavy (non-hydrogen) atoms. The van der Waals surface area contributed by atoms with Gasteiger partial charge < -0.3 is 14.5 Å². The molecule has 0 saturated carbocycles. The van der Waals surface area contributed by atoms with Gasteiger partial charge in [0.05, 0.1) is 19.8 Å². The van der Waals surface area contributed by atoms with Gasteiger partial charge >= 0.3 is 0 Å². The van der Waals surface area contributed by atoms with E-state index in [0.29, 0.717) is 32.8 Å². The van der Waals surface area contributed by atoms with Crippen molar-refractivity contribution in [1.82, 2.24) is 34.8 Å². The Hall–Kier alpha value is -2.33. The Kier molecular flexibility index (Phi) is 4.93. The molecule has 0 aromatic carbocycles. The fourth-order valence-corrected chi connectivity index (χ4v) is 3.45. The molecule has 2 aliphatic heterocycles. The first-order valence-corrected chi connectivity index (χ1v) is 9.13. The van der Waals surface area contributed by atoms with Gasteiger partial charge in [0.2, 0.25) is 5.91 Å². The number of rotatable bonds is 4. The number of amides is 1. The lowest BCUT2D eigenvalue weighted by Gasteiger charge is -2.36. The van der Waals surface area contributed by atoms with Crippen LogP contribution in [0.2, 0.25) is 0 Å². The van der Waals surface area contributed by atoms with Crippen LogP contribution in [0.3, 0.4) is 0 Å². The summed E-state index contributed by atoms with van der Waals surface area (Å²) < 4.78 is 7.08. The van der Waals surface area contributed by atoms with E-state index in [0.717, 1.165) is 49.7 Å². The van der Waals surface area contributed by atoms with Crippen LogP contribution in [-0.4, -0.2) is 99.7 Å². The van der Waals surface area contributed by atoms with Crippen LogP contribution in [0.5, 0.6) is 0 Å². The van der Waals surface area contributed by atoms with E-state index in [4.69, 9.17) is 4.74 Å². The van der Waals surface area contributed by atoms with E-state index in [1.165, 1.54) is 0 Å². The van der Waals surface area contributed by atoms with Crippen molar-refractivity contribution in [3.05, 3.63) is 6.33 Å². The van der Waals surface area contributed by atoms with Crippen LogP contribution in [0.15, 0.2) is 6.33 Å². The lowest BCUT2D eigenvalue weighted by molar-refractivity contribution is -0.136. The van der Waals surface area contributed by atoms with E-state index in [1.54, 1.807) is 11.0 Å². The number of nitrogens with zero attached hydrogens (tertiary/aromatic N) is 8. The number of hydrogen-bond donors (Lipinski definition) is 0. The maximum Gasteiger partial charge on any atom is 0.236 e. The van der Waals surface area contributed by atoms with E-state index < -0.39 is 0 Å². The van der Waals surface area contributed by atoms with Gasteiger partial charge in [0, 0.05) is 45.8 Å². The van der Waals surface area contributed by atoms with Crippen LogP contribution in [0.1, 0.15) is 6.92 Å². The van der Waals surface area contributed by atoms with E-state index in [2.05, 4.69) is 30.1 Å². The zero-order valence-corrected chi connectivity index (χ0v) is 15.0. The SMILES string of the molecule is CCn1nnc2c(N3CCN(CC(=O)N4CCOCC4)CC3)ncnc21. The Balaban J connectivity index is 1.38. The molecule has 0 radical (unpaired) electrons. The van der Waals surface area contributed by atoms with Crippen LogP contribution >= 0.6 is 0 Å². The largest absolute Gasteiger partial charge is 0.378 e. The predicted molar refractivity (Wildman–Crippen MR) is 94.8 cm³/mol. The summed E-state index contributed by atoms with van der Waals surface area (Å²) in [6.07, 6.45) is 1.57. The van der Waals surface area contributed by atoms with Gasteiger partial charge in [-0.05, 0) is 6.92 Å². The summed E-state index contributed by atoms with van der Waals surface area (Å²) in [5.74, 6) is 1.02. The molecule has 140 valence electrons. The number of piperazine rings is 1. The molecule has 0 aliphatic carbocycles. The zero-order valence-electron chi connectivity index (χ0n) is 15.0. The van der Waals surface area contributed by atoms with Gasteiger partial charge in [0.15, 0.2) is 17.0 Å². The van der Waals surface area contributed by atoms with E-state index >= 15 is 0 Å². The lowest BCUT2D eigenvalue weighted by Crippen LogP contribution is -2.51. The first-order chi connectivity index (χ1) is 12.8. The van der Waals surface area contributed by atoms with Crippen LogP contribution in [-0.2, 0) is 16.1 Å². The fourth-order valence-electron chi connectivity index (χ4n) is 3.45. The van der Waals surface area contributed by atoms with Crippen molar-refractivity contribution < 1.29 is 9.53 Å². The Bertz CT molecular complexity index is 765. The monoisotopic (exact) mass is 360 g/mol. The van der Waals surface area contributed by atoms with Crippen molar-refractivity contribution in [2.45, 2.75) is 13.5 Å². The first-order valence-electron chi connectivity index (χ1n) is 9.13. The second-order valence-corrected chi connectivity index (χ2v) is 6.53. The molecule has 0 bridgehead atoms. The number of fused-ring (bicyclic) bond motifs is 1. The Morgan fingerprint density at radius 3 is 2.62 bits per heavy atom. The maximum absolute atomic E-state index is 12.4. The van der Waals surface area contributed by atoms with Gasteiger partial charge in [-0.3, -0.25) is 9.69 Å². The van der Waals surface area contributed by atoms with Gasteiger partial charge in [-0.2, -0.15) is 0 Å². The molecule has 2 aromatic heterocycles. The van der Waals surface area contributed by atoms with E-state index in [1.807, 2.05) is 11.8 Å². The maximum atomic E-state index is 12.4. The van der Waals surface area contributed by atoms with Gasteiger partial charge in [-0.15, -0.1) is 5.10 Å². The Labute approximate surface area is 151 Å². The molecular weight excluding hydrogens is 336 g/mol. The normalized spacial score (nSPS) is 19.3. The number of hydrogen-bond acceptors (Lipinski definition) is 8. The van der Waals surface area contributed by atoms with Crippen LogP contribution < -0.4 is 4.90 Å². The molecule has 10 nitrogen and oxygen atoms in total. The third-order valence-electron chi connectivity index (χ3n) is 4.97. The highest BCUT2D eigenvalue weighted by Crippen LogP contribution is 2.21. The third-order valence-corrected chi connectivity index (χ3v) is 4.97. The van der Waals surface area contributed by atoms with Crippen LogP contribution in [0.4, 0.5) is 5.82 Å². The topological polar surface area (TPSA) is 92.5 Å². The Morgan fingerprint density at radius 1 is 1.12 bits per heavy atom. The molecule has 2 saturated heterocycles. The molecule has 0 spiro atoms. The van der Waals surface area contributed by atoms with E-state index in [-0.39, 0.29) is 5.91 Å². The first kappa shape index (κ1) is 17.1. The molecule has 0 unspecified atom stereocenters. The molecule has 4 rings (SSSR count). The highest BCUT2D eigenvalue weighted by molar-refractivity contribution is 5.82.